The van der Waals surface area contributed by atoms with Crippen LogP contribution in [0.4, 0.5) is 5.69 Å². The van der Waals surface area contributed by atoms with Gasteiger partial charge in [-0.3, -0.25) is 24.1 Å². The van der Waals surface area contributed by atoms with Crippen LogP contribution in [-0.2, 0) is 23.9 Å². The summed E-state index contributed by atoms with van der Waals surface area (Å²) in [4.78, 5) is 51.3. The normalized spacial score (nSPS) is 20.6. The van der Waals surface area contributed by atoms with Crippen molar-refractivity contribution in [2.24, 2.45) is 5.92 Å². The van der Waals surface area contributed by atoms with Crippen molar-refractivity contribution in [3.63, 3.8) is 0 Å². The molecule has 0 radical (unpaired) electrons. The number of carbonyl (C=O) groups excluding carboxylic acids is 4. The van der Waals surface area contributed by atoms with Crippen molar-refractivity contribution < 1.29 is 28.7 Å². The molecule has 2 heterocycles. The summed E-state index contributed by atoms with van der Waals surface area (Å²) < 4.78 is 10.7. The summed E-state index contributed by atoms with van der Waals surface area (Å²) in [7, 11) is 0. The minimum absolute atomic E-state index is 0.0455. The Kier molecular flexibility index (Phi) is 9.41. The summed E-state index contributed by atoms with van der Waals surface area (Å²) in [6.45, 7) is 6.08. The van der Waals surface area contributed by atoms with Gasteiger partial charge < -0.3 is 25.4 Å². The Labute approximate surface area is 199 Å². The largest absolute Gasteiger partial charge is 0.465 e. The van der Waals surface area contributed by atoms with Gasteiger partial charge in [-0.1, -0.05) is 19.9 Å². The molecule has 3 amide bonds. The number of nitrogens with one attached hydrogen (secondary N) is 3. The maximum atomic E-state index is 12.7. The third-order valence-electron chi connectivity index (χ3n) is 5.65. The predicted molar refractivity (Wildman–Crippen MR) is 125 cm³/mol. The lowest BCUT2D eigenvalue weighted by Gasteiger charge is -2.33. The molecular formula is C24H34N4O6. The van der Waals surface area contributed by atoms with E-state index in [-0.39, 0.29) is 49.3 Å². The highest BCUT2D eigenvalue weighted by Crippen LogP contribution is 2.15. The second-order valence-corrected chi connectivity index (χ2v) is 9.03. The van der Waals surface area contributed by atoms with Gasteiger partial charge in [-0.15, -0.1) is 0 Å². The van der Waals surface area contributed by atoms with Crippen molar-refractivity contribution in [1.29, 1.82) is 0 Å². The zero-order valence-corrected chi connectivity index (χ0v) is 19.8. The van der Waals surface area contributed by atoms with Gasteiger partial charge in [-0.05, 0) is 37.0 Å². The molecule has 0 bridgehead atoms. The number of anilines is 1. The summed E-state index contributed by atoms with van der Waals surface area (Å²) in [6, 6.07) is 5.89. The lowest BCUT2D eigenvalue weighted by molar-refractivity contribution is -0.149. The molecule has 2 unspecified atom stereocenters. The summed E-state index contributed by atoms with van der Waals surface area (Å²) in [5.74, 6) is -1.15. The van der Waals surface area contributed by atoms with Crippen molar-refractivity contribution in [2.45, 2.75) is 45.3 Å². The maximum Gasteiger partial charge on any atom is 0.307 e. The van der Waals surface area contributed by atoms with E-state index in [4.69, 9.17) is 9.47 Å². The zero-order valence-electron chi connectivity index (χ0n) is 19.8. The Morgan fingerprint density at radius 3 is 2.85 bits per heavy atom. The van der Waals surface area contributed by atoms with Crippen LogP contribution in [0.2, 0.25) is 0 Å². The van der Waals surface area contributed by atoms with E-state index in [1.807, 2.05) is 13.8 Å². The molecule has 3 N–H and O–H groups in total. The van der Waals surface area contributed by atoms with Gasteiger partial charge in [0, 0.05) is 37.5 Å². The lowest BCUT2D eigenvalue weighted by Crippen LogP contribution is -2.57. The van der Waals surface area contributed by atoms with Crippen LogP contribution in [0.5, 0.6) is 0 Å². The monoisotopic (exact) mass is 474 g/mol. The molecule has 2 aliphatic heterocycles. The molecule has 10 heteroatoms. The molecule has 0 aromatic heterocycles. The highest BCUT2D eigenvalue weighted by Gasteiger charge is 2.33. The van der Waals surface area contributed by atoms with Crippen molar-refractivity contribution >= 4 is 29.4 Å². The second-order valence-electron chi connectivity index (χ2n) is 9.03. The molecule has 0 saturated carbocycles. The Bertz CT molecular complexity index is 884. The van der Waals surface area contributed by atoms with Crippen LogP contribution >= 0.6 is 0 Å². The number of hydrogen-bond acceptors (Lipinski definition) is 7. The van der Waals surface area contributed by atoms with E-state index in [0.29, 0.717) is 30.9 Å². The van der Waals surface area contributed by atoms with Crippen LogP contribution in [0.25, 0.3) is 0 Å². The molecule has 2 saturated heterocycles. The fourth-order valence-corrected chi connectivity index (χ4v) is 3.89. The fraction of sp³-hybridized carbons (Fsp3) is 0.583. The molecule has 0 aliphatic carbocycles. The van der Waals surface area contributed by atoms with Gasteiger partial charge in [-0.2, -0.15) is 0 Å². The first-order valence-corrected chi connectivity index (χ1v) is 11.8. The number of benzene rings is 1. The molecule has 2 atom stereocenters. The molecule has 186 valence electrons. The average molecular weight is 475 g/mol. The maximum absolute atomic E-state index is 12.7. The van der Waals surface area contributed by atoms with E-state index in [1.54, 1.807) is 29.2 Å². The first-order valence-electron chi connectivity index (χ1n) is 11.8. The van der Waals surface area contributed by atoms with Crippen LogP contribution in [0.15, 0.2) is 24.3 Å². The van der Waals surface area contributed by atoms with E-state index < -0.39 is 12.0 Å². The van der Waals surface area contributed by atoms with E-state index in [2.05, 4.69) is 16.0 Å². The molecule has 10 nitrogen and oxygen atoms in total. The minimum atomic E-state index is -0.769. The van der Waals surface area contributed by atoms with Crippen LogP contribution in [0.3, 0.4) is 0 Å². The number of ether oxygens (including phenoxy) is 2. The van der Waals surface area contributed by atoms with Crippen LogP contribution in [-0.4, -0.2) is 80.1 Å². The molecular weight excluding hydrogens is 440 g/mol. The SMILES string of the molecule is CC(C)COC(=O)CC1C(=O)NCCN1CC(=O)Nc1cccc(C(=O)NCC2CCCO2)c1. The van der Waals surface area contributed by atoms with Crippen molar-refractivity contribution in [1.82, 2.24) is 15.5 Å². The molecule has 2 aliphatic rings. The molecule has 34 heavy (non-hydrogen) atoms. The predicted octanol–water partition coefficient (Wildman–Crippen LogP) is 0.924. The van der Waals surface area contributed by atoms with Crippen LogP contribution in [0.1, 0.15) is 43.5 Å². The fourth-order valence-electron chi connectivity index (χ4n) is 3.89. The van der Waals surface area contributed by atoms with Gasteiger partial charge in [0.15, 0.2) is 0 Å². The smallest absolute Gasteiger partial charge is 0.307 e. The quantitative estimate of drug-likeness (QED) is 0.431. The number of nitrogens with zero attached hydrogens (tertiary/aromatic N) is 1. The molecule has 1 aromatic rings. The Balaban J connectivity index is 1.53. The van der Waals surface area contributed by atoms with Crippen LogP contribution in [0, 0.1) is 5.92 Å². The third kappa shape index (κ3) is 7.81. The van der Waals surface area contributed by atoms with Gasteiger partial charge >= 0.3 is 5.97 Å². The van der Waals surface area contributed by atoms with Crippen molar-refractivity contribution in [3.8, 4) is 0 Å². The molecule has 1 aromatic carbocycles. The van der Waals surface area contributed by atoms with Crippen molar-refractivity contribution in [3.05, 3.63) is 29.8 Å². The number of rotatable bonds is 10. The van der Waals surface area contributed by atoms with Gasteiger partial charge in [0.25, 0.3) is 5.91 Å². The highest BCUT2D eigenvalue weighted by atomic mass is 16.5. The minimum Gasteiger partial charge on any atom is -0.465 e. The number of piperazine rings is 1. The standard InChI is InChI=1S/C24H34N4O6/c1-16(2)15-34-22(30)12-20-24(32)25-8-9-28(20)14-21(29)27-18-6-3-5-17(11-18)23(31)26-13-19-7-4-10-33-19/h3,5-6,11,16,19-20H,4,7-10,12-15H2,1-2H3,(H,25,32)(H,26,31)(H,27,29). The first-order chi connectivity index (χ1) is 16.3. The van der Waals surface area contributed by atoms with Gasteiger partial charge in [0.05, 0.1) is 25.7 Å². The van der Waals surface area contributed by atoms with Gasteiger partial charge in [0.2, 0.25) is 11.8 Å². The van der Waals surface area contributed by atoms with E-state index in [9.17, 15) is 19.2 Å². The summed E-state index contributed by atoms with van der Waals surface area (Å²) in [5, 5.41) is 8.37. The Morgan fingerprint density at radius 2 is 2.12 bits per heavy atom. The zero-order chi connectivity index (χ0) is 24.5. The Morgan fingerprint density at radius 1 is 1.29 bits per heavy atom. The van der Waals surface area contributed by atoms with Gasteiger partial charge in [-0.25, -0.2) is 0 Å². The van der Waals surface area contributed by atoms with E-state index in [0.717, 1.165) is 19.4 Å². The van der Waals surface area contributed by atoms with Gasteiger partial charge in [0.1, 0.15) is 6.04 Å². The van der Waals surface area contributed by atoms with E-state index in [1.165, 1.54) is 0 Å². The second kappa shape index (κ2) is 12.5. The molecule has 2 fully saturated rings. The topological polar surface area (TPSA) is 126 Å². The number of hydrogen-bond donors (Lipinski definition) is 3. The highest BCUT2D eigenvalue weighted by molar-refractivity contribution is 5.98. The van der Waals surface area contributed by atoms with Crippen LogP contribution < -0.4 is 16.0 Å². The number of esters is 1. The van der Waals surface area contributed by atoms with E-state index >= 15 is 0 Å². The lowest BCUT2D eigenvalue weighted by atomic mass is 10.1. The molecule has 0 spiro atoms. The summed E-state index contributed by atoms with van der Waals surface area (Å²) >= 11 is 0. The summed E-state index contributed by atoms with van der Waals surface area (Å²) in [5.41, 5.74) is 0.906. The van der Waals surface area contributed by atoms with Crippen molar-refractivity contribution in [2.75, 3.05) is 44.7 Å². The first kappa shape index (κ1) is 25.6. The number of carbonyl (C=O) groups is 4. The number of amides is 3. The molecule has 3 rings (SSSR count). The summed E-state index contributed by atoms with van der Waals surface area (Å²) in [6.07, 6.45) is 1.86. The average Bonchev–Trinajstić information content (AvgIpc) is 3.32. The Hall–Kier alpha value is -2.98. The third-order valence-corrected chi connectivity index (χ3v) is 5.65.